The van der Waals surface area contributed by atoms with Crippen molar-refractivity contribution >= 4 is 11.7 Å². The van der Waals surface area contributed by atoms with Crippen LogP contribution in [0.25, 0.3) is 11.4 Å². The minimum atomic E-state index is -0.264. The Bertz CT molecular complexity index is 974. The molecule has 0 fully saturated rings. The summed E-state index contributed by atoms with van der Waals surface area (Å²) in [6.45, 7) is 4.66. The number of benzene rings is 2. The van der Waals surface area contributed by atoms with Crippen LogP contribution in [0.15, 0.2) is 73.3 Å². The third kappa shape index (κ3) is 5.65. The number of anilines is 1. The number of rotatable bonds is 9. The van der Waals surface area contributed by atoms with E-state index in [0.717, 1.165) is 23.3 Å². The Balaban J connectivity index is 1.78. The van der Waals surface area contributed by atoms with Gasteiger partial charge in [-0.1, -0.05) is 48.5 Å². The van der Waals surface area contributed by atoms with E-state index < -0.39 is 0 Å². The Morgan fingerprint density at radius 1 is 1.10 bits per heavy atom. The molecule has 148 valence electrons. The highest BCUT2D eigenvalue weighted by Crippen LogP contribution is 2.18. The van der Waals surface area contributed by atoms with Gasteiger partial charge in [-0.3, -0.25) is 4.79 Å². The highest BCUT2D eigenvalue weighted by Gasteiger charge is 2.12. The molecule has 3 aromatic rings. The zero-order valence-corrected chi connectivity index (χ0v) is 16.4. The molecule has 0 unspecified atom stereocenters. The van der Waals surface area contributed by atoms with E-state index in [1.165, 1.54) is 0 Å². The number of nitrogens with zero attached hydrogens (tertiary/aromatic N) is 2. The fourth-order valence-corrected chi connectivity index (χ4v) is 2.79. The zero-order valence-electron chi connectivity index (χ0n) is 16.4. The van der Waals surface area contributed by atoms with Crippen LogP contribution in [0.4, 0.5) is 5.82 Å². The van der Waals surface area contributed by atoms with Gasteiger partial charge in [0.2, 0.25) is 0 Å². The van der Waals surface area contributed by atoms with Gasteiger partial charge in [-0.05, 0) is 24.1 Å². The molecular formula is C23H24N4O2. The van der Waals surface area contributed by atoms with E-state index in [0.29, 0.717) is 30.4 Å². The third-order valence-electron chi connectivity index (χ3n) is 4.25. The van der Waals surface area contributed by atoms with Gasteiger partial charge in [-0.15, -0.1) is 6.58 Å². The molecule has 0 aliphatic carbocycles. The summed E-state index contributed by atoms with van der Waals surface area (Å²) in [4.78, 5) is 21.4. The zero-order chi connectivity index (χ0) is 20.5. The van der Waals surface area contributed by atoms with E-state index in [9.17, 15) is 4.79 Å². The van der Waals surface area contributed by atoms with Gasteiger partial charge in [-0.2, -0.15) is 0 Å². The maximum Gasteiger partial charge on any atom is 0.270 e. The minimum absolute atomic E-state index is 0.264. The van der Waals surface area contributed by atoms with E-state index in [1.54, 1.807) is 19.3 Å². The second-order valence-electron chi connectivity index (χ2n) is 6.36. The summed E-state index contributed by atoms with van der Waals surface area (Å²) < 4.78 is 5.27. The standard InChI is InChI=1S/C23H24N4O2/c1-3-13-25-23(28)20-16-21(27-22(26-20)18-9-5-4-6-10-18)24-14-12-17-8-7-11-19(15-17)29-2/h3-11,15-16H,1,12-14H2,2H3,(H,25,28)(H,24,26,27). The summed E-state index contributed by atoms with van der Waals surface area (Å²) >= 11 is 0. The van der Waals surface area contributed by atoms with Crippen LogP contribution in [0.5, 0.6) is 5.75 Å². The maximum absolute atomic E-state index is 12.4. The smallest absolute Gasteiger partial charge is 0.270 e. The van der Waals surface area contributed by atoms with Crippen molar-refractivity contribution in [2.24, 2.45) is 0 Å². The Hall–Kier alpha value is -3.67. The van der Waals surface area contributed by atoms with Crippen molar-refractivity contribution in [3.8, 4) is 17.1 Å². The summed E-state index contributed by atoms with van der Waals surface area (Å²) in [5, 5.41) is 6.06. The Morgan fingerprint density at radius 2 is 1.93 bits per heavy atom. The Kier molecular flexibility index (Phi) is 6.95. The molecule has 0 saturated heterocycles. The first kappa shape index (κ1) is 20.1. The molecule has 0 radical (unpaired) electrons. The molecule has 3 rings (SSSR count). The van der Waals surface area contributed by atoms with E-state index in [-0.39, 0.29) is 5.91 Å². The molecule has 0 bridgehead atoms. The Morgan fingerprint density at radius 3 is 2.69 bits per heavy atom. The first-order valence-corrected chi connectivity index (χ1v) is 9.40. The molecule has 2 aromatic carbocycles. The molecule has 2 N–H and O–H groups in total. The van der Waals surface area contributed by atoms with Gasteiger partial charge in [0.25, 0.3) is 5.91 Å². The van der Waals surface area contributed by atoms with Crippen LogP contribution >= 0.6 is 0 Å². The molecule has 0 spiro atoms. The number of carbonyl (C=O) groups is 1. The first-order chi connectivity index (χ1) is 14.2. The van der Waals surface area contributed by atoms with Crippen molar-refractivity contribution in [1.82, 2.24) is 15.3 Å². The fourth-order valence-electron chi connectivity index (χ4n) is 2.79. The van der Waals surface area contributed by atoms with E-state index in [2.05, 4.69) is 27.2 Å². The topological polar surface area (TPSA) is 76.1 Å². The molecule has 6 nitrogen and oxygen atoms in total. The number of methoxy groups -OCH3 is 1. The number of hydrogen-bond acceptors (Lipinski definition) is 5. The van der Waals surface area contributed by atoms with E-state index in [4.69, 9.17) is 4.74 Å². The SMILES string of the molecule is C=CCNC(=O)c1cc(NCCc2cccc(OC)c2)nc(-c2ccccc2)n1. The lowest BCUT2D eigenvalue weighted by molar-refractivity contribution is 0.0953. The molecule has 1 heterocycles. The summed E-state index contributed by atoms with van der Waals surface area (Å²) in [5.41, 5.74) is 2.31. The maximum atomic E-state index is 12.4. The van der Waals surface area contributed by atoms with Gasteiger partial charge >= 0.3 is 0 Å². The van der Waals surface area contributed by atoms with Crippen LogP contribution in [0, 0.1) is 0 Å². The van der Waals surface area contributed by atoms with Crippen molar-refractivity contribution in [1.29, 1.82) is 0 Å². The van der Waals surface area contributed by atoms with Crippen LogP contribution in [0.3, 0.4) is 0 Å². The number of nitrogens with one attached hydrogen (secondary N) is 2. The first-order valence-electron chi connectivity index (χ1n) is 9.40. The van der Waals surface area contributed by atoms with Gasteiger partial charge in [0.05, 0.1) is 7.11 Å². The number of aromatic nitrogens is 2. The number of ether oxygens (including phenoxy) is 1. The molecule has 0 aliphatic rings. The number of hydrogen-bond donors (Lipinski definition) is 2. The molecule has 29 heavy (non-hydrogen) atoms. The molecule has 0 atom stereocenters. The third-order valence-corrected chi connectivity index (χ3v) is 4.25. The van der Waals surface area contributed by atoms with Crippen molar-refractivity contribution in [2.45, 2.75) is 6.42 Å². The summed E-state index contributed by atoms with van der Waals surface area (Å²) in [6, 6.07) is 19.2. The molecule has 1 amide bonds. The minimum Gasteiger partial charge on any atom is -0.497 e. The lowest BCUT2D eigenvalue weighted by atomic mass is 10.1. The van der Waals surface area contributed by atoms with Crippen molar-refractivity contribution < 1.29 is 9.53 Å². The van der Waals surface area contributed by atoms with Gasteiger partial charge in [0.15, 0.2) is 5.82 Å². The fraction of sp³-hybridized carbons (Fsp3) is 0.174. The molecule has 1 aromatic heterocycles. The van der Waals surface area contributed by atoms with Crippen molar-refractivity contribution in [2.75, 3.05) is 25.5 Å². The van der Waals surface area contributed by atoms with E-state index in [1.807, 2.05) is 54.6 Å². The molecule has 6 heteroatoms. The van der Waals surface area contributed by atoms with E-state index >= 15 is 0 Å². The van der Waals surface area contributed by atoms with Crippen molar-refractivity contribution in [3.05, 3.63) is 84.6 Å². The second-order valence-corrected chi connectivity index (χ2v) is 6.36. The lowest BCUT2D eigenvalue weighted by Crippen LogP contribution is -2.25. The second kappa shape index (κ2) is 10.0. The molecule has 0 aliphatic heterocycles. The molecule has 0 saturated carbocycles. The monoisotopic (exact) mass is 388 g/mol. The summed E-state index contributed by atoms with van der Waals surface area (Å²) in [7, 11) is 1.66. The largest absolute Gasteiger partial charge is 0.497 e. The van der Waals surface area contributed by atoms with Gasteiger partial charge in [0.1, 0.15) is 17.3 Å². The summed E-state index contributed by atoms with van der Waals surface area (Å²) in [5.74, 6) is 1.67. The quantitative estimate of drug-likeness (QED) is 0.547. The predicted molar refractivity (Wildman–Crippen MR) is 115 cm³/mol. The highest BCUT2D eigenvalue weighted by molar-refractivity contribution is 5.93. The van der Waals surface area contributed by atoms with Gasteiger partial charge in [-0.25, -0.2) is 9.97 Å². The number of carbonyl (C=O) groups excluding carboxylic acids is 1. The highest BCUT2D eigenvalue weighted by atomic mass is 16.5. The average Bonchev–Trinajstić information content (AvgIpc) is 2.78. The van der Waals surface area contributed by atoms with Crippen LogP contribution < -0.4 is 15.4 Å². The Labute approximate surface area is 170 Å². The summed E-state index contributed by atoms with van der Waals surface area (Å²) in [6.07, 6.45) is 2.42. The molecular weight excluding hydrogens is 364 g/mol. The van der Waals surface area contributed by atoms with Crippen molar-refractivity contribution in [3.63, 3.8) is 0 Å². The van der Waals surface area contributed by atoms with Crippen LogP contribution in [-0.4, -0.2) is 36.1 Å². The lowest BCUT2D eigenvalue weighted by Gasteiger charge is -2.11. The predicted octanol–water partition coefficient (Wildman–Crippen LogP) is 3.72. The number of amides is 1. The van der Waals surface area contributed by atoms with Crippen LogP contribution in [-0.2, 0) is 6.42 Å². The normalized spacial score (nSPS) is 10.2. The van der Waals surface area contributed by atoms with Gasteiger partial charge in [0, 0.05) is 24.7 Å². The van der Waals surface area contributed by atoms with Crippen LogP contribution in [0.1, 0.15) is 16.1 Å². The van der Waals surface area contributed by atoms with Crippen LogP contribution in [0.2, 0.25) is 0 Å². The average molecular weight is 388 g/mol. The van der Waals surface area contributed by atoms with Gasteiger partial charge < -0.3 is 15.4 Å².